The normalized spacial score (nSPS) is 15.8. The lowest BCUT2D eigenvalue weighted by molar-refractivity contribution is -0.0237. The quantitative estimate of drug-likeness (QED) is 0.178. The van der Waals surface area contributed by atoms with Crippen molar-refractivity contribution in [1.82, 2.24) is 39.1 Å². The highest BCUT2D eigenvalue weighted by Crippen LogP contribution is 2.26. The Morgan fingerprint density at radius 1 is 0.708 bits per heavy atom. The third kappa shape index (κ3) is 14.2. The molecule has 2 aromatic heterocycles. The maximum atomic E-state index is 14.4. The molecule has 6 rings (SSSR count). The van der Waals surface area contributed by atoms with E-state index in [9.17, 15) is 35.2 Å². The lowest BCUT2D eigenvalue weighted by Crippen LogP contribution is -2.43. The molecule has 24 heteroatoms. The van der Waals surface area contributed by atoms with Crippen molar-refractivity contribution in [1.29, 1.82) is 0 Å². The number of carbonyl (C=O) groups excluding carboxylic acids is 2. The minimum atomic E-state index is -3.90. The largest absolute Gasteiger partial charge is 0.444 e. The fourth-order valence-electron chi connectivity index (χ4n) is 6.32. The van der Waals surface area contributed by atoms with Crippen molar-refractivity contribution in [2.75, 3.05) is 47.3 Å². The molecule has 0 spiro atoms. The Kier molecular flexibility index (Phi) is 16.4. The number of ether oxygens (including phenoxy) is 4. The van der Waals surface area contributed by atoms with Crippen LogP contribution in [-0.4, -0.2) is 134 Å². The third-order valence-electron chi connectivity index (χ3n) is 9.71. The second kappa shape index (κ2) is 21.0. The number of hydrogen-bond acceptors (Lipinski definition) is 16. The van der Waals surface area contributed by atoms with Crippen LogP contribution in [0, 0.1) is 11.6 Å². The van der Waals surface area contributed by atoms with Crippen LogP contribution in [0.25, 0.3) is 22.8 Å². The fourth-order valence-corrected chi connectivity index (χ4v) is 8.04. The van der Waals surface area contributed by atoms with Crippen molar-refractivity contribution in [3.05, 3.63) is 59.8 Å². The number of nitrogens with one attached hydrogen (secondary N) is 1. The molecule has 2 saturated heterocycles. The van der Waals surface area contributed by atoms with Crippen LogP contribution in [0.15, 0.2) is 55.2 Å². The maximum absolute atomic E-state index is 14.4. The SMILES string of the molecule is CN(C)S(=O)(=O)c1ccc(-c2noc(COC3CCN(C(=O)OC(C)(C)C)CC3)n2)cc1F.CNS(=O)(=O)c1ccc(-c2noc(COC3CCN(C(=O)OC(C)(C)C)CC3)n2)cc1F. The Hall–Kier alpha value is -5.14. The Balaban J connectivity index is 0.000000244. The Morgan fingerprint density at radius 3 is 1.43 bits per heavy atom. The molecule has 0 bridgehead atoms. The van der Waals surface area contributed by atoms with Gasteiger partial charge in [0.2, 0.25) is 31.7 Å². The van der Waals surface area contributed by atoms with Crippen LogP contribution >= 0.6 is 0 Å². The average molecular weight is 955 g/mol. The molecule has 65 heavy (non-hydrogen) atoms. The molecule has 358 valence electrons. The fraction of sp³-hybridized carbons (Fsp3) is 0.561. The van der Waals surface area contributed by atoms with Crippen molar-refractivity contribution in [2.45, 2.75) is 114 Å². The van der Waals surface area contributed by atoms with Gasteiger partial charge in [0.05, 0.1) is 12.2 Å². The first-order chi connectivity index (χ1) is 30.3. The van der Waals surface area contributed by atoms with E-state index in [0.717, 1.165) is 22.5 Å². The van der Waals surface area contributed by atoms with E-state index < -0.39 is 52.7 Å². The summed E-state index contributed by atoms with van der Waals surface area (Å²) in [5, 5.41) is 7.63. The molecule has 1 N–H and O–H groups in total. The second-order valence-corrected chi connectivity index (χ2v) is 21.2. The molecule has 0 aliphatic carbocycles. The topological polar surface area (TPSA) is 239 Å². The van der Waals surface area contributed by atoms with Crippen LogP contribution in [0.3, 0.4) is 0 Å². The first-order valence-electron chi connectivity index (χ1n) is 20.7. The number of piperidine rings is 2. The number of hydrogen-bond donors (Lipinski definition) is 1. The van der Waals surface area contributed by atoms with Crippen molar-refractivity contribution < 1.29 is 63.2 Å². The number of nitrogens with zero attached hydrogens (tertiary/aromatic N) is 7. The lowest BCUT2D eigenvalue weighted by atomic mass is 10.1. The van der Waals surface area contributed by atoms with Gasteiger partial charge in [0, 0.05) is 51.4 Å². The Morgan fingerprint density at radius 2 is 1.09 bits per heavy atom. The molecule has 0 radical (unpaired) electrons. The van der Waals surface area contributed by atoms with Crippen LogP contribution in [0.5, 0.6) is 0 Å². The number of amides is 2. The van der Waals surface area contributed by atoms with Crippen LogP contribution in [-0.2, 0) is 52.2 Å². The van der Waals surface area contributed by atoms with Gasteiger partial charge in [-0.05, 0) is 111 Å². The van der Waals surface area contributed by atoms with E-state index in [4.69, 9.17) is 28.0 Å². The summed E-state index contributed by atoms with van der Waals surface area (Å²) >= 11 is 0. The van der Waals surface area contributed by atoms with Crippen LogP contribution in [0.2, 0.25) is 0 Å². The van der Waals surface area contributed by atoms with E-state index in [1.165, 1.54) is 39.3 Å². The standard InChI is InChI=1S/C21H29FN4O6S.C20H27FN4O6S/c1-21(2,3)31-20(27)26-10-8-15(9-11-26)30-13-18-23-19(24-32-18)14-6-7-17(16(22)12-14)33(28,29)25(4)5;1-20(2,3)30-19(26)25-9-7-14(8-10-25)29-12-17-23-18(24-31-17)13-5-6-16(15(21)11-13)32(27,28)22-4/h6-7,12,15H,8-11,13H2,1-5H3;5-6,11,14,22H,7-10,12H2,1-4H3. The zero-order valence-electron chi connectivity index (χ0n) is 37.8. The van der Waals surface area contributed by atoms with Crippen molar-refractivity contribution >= 4 is 32.2 Å². The zero-order valence-corrected chi connectivity index (χ0v) is 39.4. The molecule has 2 aromatic carbocycles. The minimum Gasteiger partial charge on any atom is -0.444 e. The molecule has 0 atom stereocenters. The highest BCUT2D eigenvalue weighted by atomic mass is 32.2. The van der Waals surface area contributed by atoms with Gasteiger partial charge in [-0.1, -0.05) is 10.3 Å². The number of likely N-dealkylation sites (tertiary alicyclic amines) is 2. The first kappa shape index (κ1) is 50.9. The van der Waals surface area contributed by atoms with Gasteiger partial charge in [-0.3, -0.25) is 0 Å². The highest BCUT2D eigenvalue weighted by molar-refractivity contribution is 7.89. The van der Waals surface area contributed by atoms with Gasteiger partial charge in [0.1, 0.15) is 45.8 Å². The predicted molar refractivity (Wildman–Crippen MR) is 228 cm³/mol. The molecule has 2 amide bonds. The Bertz CT molecular complexity index is 2490. The smallest absolute Gasteiger partial charge is 0.410 e. The average Bonchev–Trinajstić information content (AvgIpc) is 3.92. The summed E-state index contributed by atoms with van der Waals surface area (Å²) < 4.78 is 112. The molecular weight excluding hydrogens is 899 g/mol. The van der Waals surface area contributed by atoms with Gasteiger partial charge in [0.25, 0.3) is 11.8 Å². The van der Waals surface area contributed by atoms with Crippen molar-refractivity contribution in [3.8, 4) is 22.8 Å². The molecule has 0 unspecified atom stereocenters. The molecule has 4 aromatic rings. The van der Waals surface area contributed by atoms with Gasteiger partial charge < -0.3 is 37.8 Å². The van der Waals surface area contributed by atoms with E-state index in [-0.39, 0.29) is 72.2 Å². The number of benzene rings is 2. The summed E-state index contributed by atoms with van der Waals surface area (Å²) in [5.74, 6) is -1.15. The number of aromatic nitrogens is 4. The molecule has 20 nitrogen and oxygen atoms in total. The van der Waals surface area contributed by atoms with E-state index >= 15 is 0 Å². The van der Waals surface area contributed by atoms with Gasteiger partial charge in [0.15, 0.2) is 0 Å². The van der Waals surface area contributed by atoms with E-state index in [2.05, 4.69) is 25.0 Å². The van der Waals surface area contributed by atoms with Gasteiger partial charge >= 0.3 is 12.2 Å². The molecule has 2 aliphatic rings. The highest BCUT2D eigenvalue weighted by Gasteiger charge is 2.30. The van der Waals surface area contributed by atoms with Crippen molar-refractivity contribution in [2.24, 2.45) is 0 Å². The lowest BCUT2D eigenvalue weighted by Gasteiger charge is -2.33. The molecule has 2 fully saturated rings. The zero-order chi connectivity index (χ0) is 47.9. The van der Waals surface area contributed by atoms with E-state index in [1.54, 1.807) is 9.80 Å². The molecule has 4 heterocycles. The van der Waals surface area contributed by atoms with E-state index in [0.29, 0.717) is 51.9 Å². The molecular formula is C41H56F2N8O12S2. The predicted octanol–water partition coefficient (Wildman–Crippen LogP) is 5.74. The van der Waals surface area contributed by atoms with Crippen LogP contribution in [0.4, 0.5) is 18.4 Å². The van der Waals surface area contributed by atoms with E-state index in [1.807, 2.05) is 41.5 Å². The molecule has 2 aliphatic heterocycles. The monoisotopic (exact) mass is 954 g/mol. The summed E-state index contributed by atoms with van der Waals surface area (Å²) in [6, 6.07) is 7.22. The maximum Gasteiger partial charge on any atom is 0.410 e. The van der Waals surface area contributed by atoms with Gasteiger partial charge in [-0.15, -0.1) is 0 Å². The number of carbonyl (C=O) groups is 2. The first-order valence-corrected chi connectivity index (χ1v) is 23.6. The second-order valence-electron chi connectivity index (χ2n) is 17.3. The third-order valence-corrected chi connectivity index (χ3v) is 13.0. The van der Waals surface area contributed by atoms with Gasteiger partial charge in [-0.2, -0.15) is 9.97 Å². The van der Waals surface area contributed by atoms with Crippen molar-refractivity contribution in [3.63, 3.8) is 0 Å². The minimum absolute atomic E-state index is 0.0683. The van der Waals surface area contributed by atoms with Gasteiger partial charge in [-0.25, -0.2) is 44.2 Å². The summed E-state index contributed by atoms with van der Waals surface area (Å²) in [6.45, 7) is 13.2. The summed E-state index contributed by atoms with van der Waals surface area (Å²) in [7, 11) is -3.94. The summed E-state index contributed by atoms with van der Waals surface area (Å²) in [6.07, 6.45) is 1.76. The van der Waals surface area contributed by atoms with Crippen LogP contribution in [0.1, 0.15) is 79.0 Å². The van der Waals surface area contributed by atoms with Crippen LogP contribution < -0.4 is 4.72 Å². The summed E-state index contributed by atoms with van der Waals surface area (Å²) in [4.78, 5) is 35.1. The number of rotatable bonds is 12. The Labute approximate surface area is 377 Å². The number of halogens is 2. The summed E-state index contributed by atoms with van der Waals surface area (Å²) in [5.41, 5.74) is -0.516. The molecule has 0 saturated carbocycles. The number of sulfonamides is 2.